The van der Waals surface area contributed by atoms with Gasteiger partial charge in [0.15, 0.2) is 0 Å². The van der Waals surface area contributed by atoms with Gasteiger partial charge < -0.3 is 19.9 Å². The summed E-state index contributed by atoms with van der Waals surface area (Å²) in [5.74, 6) is -1.50. The first-order chi connectivity index (χ1) is 14.0. The van der Waals surface area contributed by atoms with Crippen molar-refractivity contribution in [3.63, 3.8) is 0 Å². The Morgan fingerprint density at radius 2 is 2.03 bits per heavy atom. The SMILES string of the molecule is C[C@H]1CCc2cc(F)cc3c(O)c(C(=O)NCCCN4CCCCC4)c(=O)n1c23. The topological polar surface area (TPSA) is 74.6 Å². The molecule has 2 N–H and O–H groups in total. The number of piperidine rings is 1. The van der Waals surface area contributed by atoms with E-state index in [1.54, 1.807) is 0 Å². The van der Waals surface area contributed by atoms with Crippen LogP contribution in [0.15, 0.2) is 16.9 Å². The summed E-state index contributed by atoms with van der Waals surface area (Å²) in [7, 11) is 0. The van der Waals surface area contributed by atoms with Gasteiger partial charge in [0.05, 0.1) is 5.52 Å². The fraction of sp³-hybridized carbons (Fsp3) is 0.545. The average Bonchev–Trinajstić information content (AvgIpc) is 2.71. The molecule has 0 bridgehead atoms. The van der Waals surface area contributed by atoms with Gasteiger partial charge in [0.2, 0.25) is 0 Å². The quantitative estimate of drug-likeness (QED) is 0.756. The van der Waals surface area contributed by atoms with Gasteiger partial charge in [-0.2, -0.15) is 0 Å². The largest absolute Gasteiger partial charge is 0.506 e. The average molecular weight is 401 g/mol. The molecule has 1 aromatic heterocycles. The second-order valence-electron chi connectivity index (χ2n) is 8.26. The maximum absolute atomic E-state index is 14.1. The van der Waals surface area contributed by atoms with Gasteiger partial charge in [-0.15, -0.1) is 0 Å². The van der Waals surface area contributed by atoms with E-state index in [0.717, 1.165) is 26.1 Å². The third-order valence-electron chi connectivity index (χ3n) is 6.20. The molecule has 156 valence electrons. The number of pyridine rings is 1. The number of aromatic hydroxyl groups is 1. The summed E-state index contributed by atoms with van der Waals surface area (Å²) in [6.45, 7) is 5.42. The fourth-order valence-electron chi connectivity index (χ4n) is 4.66. The van der Waals surface area contributed by atoms with E-state index in [2.05, 4.69) is 10.2 Å². The van der Waals surface area contributed by atoms with E-state index in [0.29, 0.717) is 30.5 Å². The van der Waals surface area contributed by atoms with Gasteiger partial charge in [-0.05, 0) is 76.4 Å². The number of aryl methyl sites for hydroxylation is 1. The minimum absolute atomic E-state index is 0.116. The van der Waals surface area contributed by atoms with Gasteiger partial charge >= 0.3 is 0 Å². The highest BCUT2D eigenvalue weighted by atomic mass is 19.1. The highest BCUT2D eigenvalue weighted by molar-refractivity contribution is 6.03. The minimum Gasteiger partial charge on any atom is -0.506 e. The van der Waals surface area contributed by atoms with Crippen molar-refractivity contribution >= 4 is 16.8 Å². The maximum Gasteiger partial charge on any atom is 0.267 e. The molecule has 29 heavy (non-hydrogen) atoms. The van der Waals surface area contributed by atoms with Crippen molar-refractivity contribution < 1.29 is 14.3 Å². The van der Waals surface area contributed by atoms with E-state index in [-0.39, 0.29) is 17.0 Å². The van der Waals surface area contributed by atoms with Gasteiger partial charge in [0, 0.05) is 18.0 Å². The van der Waals surface area contributed by atoms with Crippen LogP contribution in [0.4, 0.5) is 4.39 Å². The first-order valence-electron chi connectivity index (χ1n) is 10.6. The zero-order chi connectivity index (χ0) is 20.5. The molecule has 1 atom stereocenters. The highest BCUT2D eigenvalue weighted by Gasteiger charge is 2.28. The van der Waals surface area contributed by atoms with Crippen LogP contribution < -0.4 is 10.9 Å². The van der Waals surface area contributed by atoms with Crippen molar-refractivity contribution in [3.8, 4) is 5.75 Å². The summed E-state index contributed by atoms with van der Waals surface area (Å²) >= 11 is 0. The number of nitrogens with one attached hydrogen (secondary N) is 1. The number of likely N-dealkylation sites (tertiary alicyclic amines) is 1. The third-order valence-corrected chi connectivity index (χ3v) is 6.20. The number of aromatic nitrogens is 1. The lowest BCUT2D eigenvalue weighted by atomic mass is 9.95. The Balaban J connectivity index is 1.58. The second-order valence-corrected chi connectivity index (χ2v) is 8.26. The number of nitrogens with zero attached hydrogens (tertiary/aromatic N) is 2. The lowest BCUT2D eigenvalue weighted by Crippen LogP contribution is -2.37. The molecule has 0 saturated carbocycles. The molecule has 4 rings (SSSR count). The Labute approximate surface area is 169 Å². The number of carbonyl (C=O) groups is 1. The minimum atomic E-state index is -0.597. The number of hydrogen-bond acceptors (Lipinski definition) is 4. The zero-order valence-electron chi connectivity index (χ0n) is 16.8. The van der Waals surface area contributed by atoms with Crippen LogP contribution in [-0.2, 0) is 6.42 Å². The number of halogens is 1. The molecular weight excluding hydrogens is 373 g/mol. The molecule has 1 saturated heterocycles. The summed E-state index contributed by atoms with van der Waals surface area (Å²) in [6, 6.07) is 2.49. The van der Waals surface area contributed by atoms with Gasteiger partial charge in [-0.3, -0.25) is 9.59 Å². The lowest BCUT2D eigenvalue weighted by molar-refractivity contribution is 0.0946. The van der Waals surface area contributed by atoms with Crippen LogP contribution >= 0.6 is 0 Å². The number of hydrogen-bond donors (Lipinski definition) is 2. The predicted molar refractivity (Wildman–Crippen MR) is 110 cm³/mol. The summed E-state index contributed by atoms with van der Waals surface area (Å²) in [5, 5.41) is 13.7. The van der Waals surface area contributed by atoms with E-state index in [4.69, 9.17) is 0 Å². The summed E-state index contributed by atoms with van der Waals surface area (Å²) in [5.41, 5.74) is 0.428. The highest BCUT2D eigenvalue weighted by Crippen LogP contribution is 2.35. The first-order valence-corrected chi connectivity index (χ1v) is 10.6. The van der Waals surface area contributed by atoms with Crippen LogP contribution in [0.3, 0.4) is 0 Å². The number of carbonyl (C=O) groups excluding carboxylic acids is 1. The van der Waals surface area contributed by atoms with E-state index >= 15 is 0 Å². The van der Waals surface area contributed by atoms with Crippen molar-refractivity contribution in [1.29, 1.82) is 0 Å². The van der Waals surface area contributed by atoms with E-state index in [9.17, 15) is 19.1 Å². The predicted octanol–water partition coefficient (Wildman–Crippen LogP) is 2.96. The van der Waals surface area contributed by atoms with Crippen molar-refractivity contribution in [2.75, 3.05) is 26.2 Å². The molecular formula is C22H28FN3O3. The van der Waals surface area contributed by atoms with Crippen molar-refractivity contribution in [1.82, 2.24) is 14.8 Å². The third kappa shape index (κ3) is 3.75. The van der Waals surface area contributed by atoms with Gasteiger partial charge in [-0.25, -0.2) is 4.39 Å². The van der Waals surface area contributed by atoms with Crippen LogP contribution in [0.5, 0.6) is 5.75 Å². The zero-order valence-corrected chi connectivity index (χ0v) is 16.8. The number of rotatable bonds is 5. The smallest absolute Gasteiger partial charge is 0.267 e. The molecule has 2 aliphatic heterocycles. The van der Waals surface area contributed by atoms with Crippen LogP contribution in [0, 0.1) is 5.82 Å². The summed E-state index contributed by atoms with van der Waals surface area (Å²) < 4.78 is 15.6. The maximum atomic E-state index is 14.1. The van der Waals surface area contributed by atoms with Gasteiger partial charge in [0.1, 0.15) is 17.1 Å². The van der Waals surface area contributed by atoms with Gasteiger partial charge in [-0.1, -0.05) is 6.42 Å². The molecule has 1 fully saturated rings. The standard InChI is InChI=1S/C22H28FN3O3/c1-14-6-7-15-12-16(23)13-17-19(15)26(14)22(29)18(20(17)27)21(28)24-8-5-11-25-9-3-2-4-10-25/h12-14,27H,2-11H2,1H3,(H,24,28)/t14-/m0/s1. The van der Waals surface area contributed by atoms with Crippen LogP contribution in [0.25, 0.3) is 10.9 Å². The van der Waals surface area contributed by atoms with E-state index in [1.165, 1.54) is 36.0 Å². The molecule has 1 aromatic carbocycles. The first kappa shape index (κ1) is 19.9. The molecule has 0 unspecified atom stereocenters. The van der Waals surface area contributed by atoms with Crippen molar-refractivity contribution in [2.24, 2.45) is 0 Å². The molecule has 0 radical (unpaired) electrons. The van der Waals surface area contributed by atoms with E-state index in [1.807, 2.05) is 6.92 Å². The van der Waals surface area contributed by atoms with Crippen LogP contribution in [-0.4, -0.2) is 46.7 Å². The second kappa shape index (κ2) is 8.14. The molecule has 1 amide bonds. The summed E-state index contributed by atoms with van der Waals surface area (Å²) in [6.07, 6.45) is 5.82. The Kier molecular flexibility index (Phi) is 5.58. The Morgan fingerprint density at radius 1 is 1.28 bits per heavy atom. The monoisotopic (exact) mass is 401 g/mol. The molecule has 2 aliphatic rings. The van der Waals surface area contributed by atoms with E-state index < -0.39 is 23.0 Å². The molecule has 6 nitrogen and oxygen atoms in total. The van der Waals surface area contributed by atoms with Crippen LogP contribution in [0.1, 0.15) is 61.0 Å². The molecule has 0 spiro atoms. The number of amides is 1. The van der Waals surface area contributed by atoms with Crippen molar-refractivity contribution in [3.05, 3.63) is 39.4 Å². The molecule has 3 heterocycles. The van der Waals surface area contributed by atoms with Crippen LogP contribution in [0.2, 0.25) is 0 Å². The lowest BCUT2D eigenvalue weighted by Gasteiger charge is -2.27. The Bertz CT molecular complexity index is 995. The normalized spacial score (nSPS) is 19.4. The van der Waals surface area contributed by atoms with Gasteiger partial charge in [0.25, 0.3) is 11.5 Å². The number of benzene rings is 1. The Hall–Kier alpha value is -2.41. The fourth-order valence-corrected chi connectivity index (χ4v) is 4.66. The van der Waals surface area contributed by atoms with Crippen molar-refractivity contribution in [2.45, 2.75) is 51.5 Å². The molecule has 0 aliphatic carbocycles. The Morgan fingerprint density at radius 3 is 2.79 bits per heavy atom. The molecule has 7 heteroatoms. The molecule has 2 aromatic rings. The summed E-state index contributed by atoms with van der Waals surface area (Å²) in [4.78, 5) is 28.2.